The lowest BCUT2D eigenvalue weighted by atomic mass is 10.1. The zero-order valence-electron chi connectivity index (χ0n) is 8.36. The molecule has 0 spiro atoms. The molecule has 0 aromatic heterocycles. The van der Waals surface area contributed by atoms with Gasteiger partial charge in [-0.15, -0.1) is 6.42 Å². The Hall–Kier alpha value is -1.46. The number of aryl methyl sites for hydroxylation is 1. The van der Waals surface area contributed by atoms with Gasteiger partial charge in [-0.3, -0.25) is 0 Å². The van der Waals surface area contributed by atoms with Crippen LogP contribution in [0.25, 0.3) is 0 Å². The van der Waals surface area contributed by atoms with E-state index >= 15 is 0 Å². The van der Waals surface area contributed by atoms with Gasteiger partial charge >= 0.3 is 0 Å². The zero-order valence-corrected chi connectivity index (χ0v) is 8.36. The summed E-state index contributed by atoms with van der Waals surface area (Å²) in [6.45, 7) is 0. The number of rotatable bonds is 4. The molecule has 2 N–H and O–H groups in total. The van der Waals surface area contributed by atoms with Gasteiger partial charge in [0.05, 0.1) is 13.2 Å². The molecule has 1 aromatic rings. The molecule has 0 radical (unpaired) electrons. The summed E-state index contributed by atoms with van der Waals surface area (Å²) in [6, 6.07) is 7.80. The van der Waals surface area contributed by atoms with E-state index in [0.717, 1.165) is 18.6 Å². The van der Waals surface area contributed by atoms with Crippen LogP contribution in [-0.4, -0.2) is 13.2 Å². The number of methoxy groups -OCH3 is 1. The molecule has 0 aliphatic rings. The second-order valence-corrected chi connectivity index (χ2v) is 3.16. The number of terminal acetylenes is 1. The number of benzene rings is 1. The molecule has 0 aliphatic carbocycles. The quantitative estimate of drug-likeness (QED) is 0.730. The smallest absolute Gasteiger partial charge is 0.118 e. The van der Waals surface area contributed by atoms with Crippen molar-refractivity contribution in [2.45, 2.75) is 18.9 Å². The first-order valence-corrected chi connectivity index (χ1v) is 4.61. The second kappa shape index (κ2) is 5.31. The molecule has 1 atom stereocenters. The summed E-state index contributed by atoms with van der Waals surface area (Å²) in [7, 11) is 1.66. The SMILES string of the molecule is C#CC(N)CCc1ccc(OC)cc1. The monoisotopic (exact) mass is 189 g/mol. The summed E-state index contributed by atoms with van der Waals surface area (Å²) in [5.41, 5.74) is 6.85. The normalized spacial score (nSPS) is 11.8. The van der Waals surface area contributed by atoms with Gasteiger partial charge in [-0.05, 0) is 30.5 Å². The predicted octanol–water partition coefficient (Wildman–Crippen LogP) is 1.59. The van der Waals surface area contributed by atoms with Crippen LogP contribution >= 0.6 is 0 Å². The molecule has 0 amide bonds. The Bertz CT molecular complexity index is 310. The molecule has 1 unspecified atom stereocenters. The fourth-order valence-corrected chi connectivity index (χ4v) is 1.20. The summed E-state index contributed by atoms with van der Waals surface area (Å²) < 4.78 is 5.06. The highest BCUT2D eigenvalue weighted by Crippen LogP contribution is 2.12. The van der Waals surface area contributed by atoms with Crippen molar-refractivity contribution >= 4 is 0 Å². The molecular formula is C12H15NO. The van der Waals surface area contributed by atoms with Crippen molar-refractivity contribution in [2.24, 2.45) is 5.73 Å². The minimum atomic E-state index is -0.142. The molecule has 1 rings (SSSR count). The Kier molecular flexibility index (Phi) is 4.03. The first kappa shape index (κ1) is 10.6. The molecule has 2 heteroatoms. The predicted molar refractivity (Wildman–Crippen MR) is 58.1 cm³/mol. The van der Waals surface area contributed by atoms with Crippen molar-refractivity contribution in [2.75, 3.05) is 7.11 Å². The third-order valence-electron chi connectivity index (χ3n) is 2.12. The fourth-order valence-electron chi connectivity index (χ4n) is 1.20. The van der Waals surface area contributed by atoms with Gasteiger partial charge in [-0.25, -0.2) is 0 Å². The van der Waals surface area contributed by atoms with E-state index < -0.39 is 0 Å². The summed E-state index contributed by atoms with van der Waals surface area (Å²) in [5, 5.41) is 0. The van der Waals surface area contributed by atoms with Crippen LogP contribution in [-0.2, 0) is 6.42 Å². The molecule has 0 heterocycles. The highest BCUT2D eigenvalue weighted by atomic mass is 16.5. The molecule has 1 aromatic carbocycles. The van der Waals surface area contributed by atoms with Crippen LogP contribution in [0.2, 0.25) is 0 Å². The lowest BCUT2D eigenvalue weighted by Crippen LogP contribution is -2.17. The van der Waals surface area contributed by atoms with Crippen LogP contribution in [0.4, 0.5) is 0 Å². The van der Waals surface area contributed by atoms with Crippen molar-refractivity contribution in [1.82, 2.24) is 0 Å². The number of hydrogen-bond donors (Lipinski definition) is 1. The summed E-state index contributed by atoms with van der Waals surface area (Å²) in [4.78, 5) is 0. The Morgan fingerprint density at radius 3 is 2.57 bits per heavy atom. The van der Waals surface area contributed by atoms with E-state index in [-0.39, 0.29) is 6.04 Å². The lowest BCUT2D eigenvalue weighted by Gasteiger charge is -2.05. The summed E-state index contributed by atoms with van der Waals surface area (Å²) in [6.07, 6.45) is 6.92. The maximum Gasteiger partial charge on any atom is 0.118 e. The highest BCUT2D eigenvalue weighted by Gasteiger charge is 1.99. The number of nitrogens with two attached hydrogens (primary N) is 1. The van der Waals surface area contributed by atoms with Crippen LogP contribution in [0.3, 0.4) is 0 Å². The first-order valence-electron chi connectivity index (χ1n) is 4.61. The maximum atomic E-state index is 5.62. The Balaban J connectivity index is 2.48. The molecular weight excluding hydrogens is 174 g/mol. The average Bonchev–Trinajstić information content (AvgIpc) is 2.26. The van der Waals surface area contributed by atoms with Gasteiger partial charge in [-0.2, -0.15) is 0 Å². The minimum Gasteiger partial charge on any atom is -0.497 e. The molecule has 0 saturated heterocycles. The van der Waals surface area contributed by atoms with Gasteiger partial charge in [0.25, 0.3) is 0 Å². The van der Waals surface area contributed by atoms with Gasteiger partial charge < -0.3 is 10.5 Å². The van der Waals surface area contributed by atoms with Gasteiger partial charge in [-0.1, -0.05) is 18.1 Å². The molecule has 74 valence electrons. The molecule has 0 bridgehead atoms. The van der Waals surface area contributed by atoms with Gasteiger partial charge in [0.2, 0.25) is 0 Å². The van der Waals surface area contributed by atoms with E-state index in [9.17, 15) is 0 Å². The molecule has 2 nitrogen and oxygen atoms in total. The molecule has 0 saturated carbocycles. The first-order chi connectivity index (χ1) is 6.76. The van der Waals surface area contributed by atoms with Crippen molar-refractivity contribution in [3.05, 3.63) is 29.8 Å². The van der Waals surface area contributed by atoms with Gasteiger partial charge in [0.15, 0.2) is 0 Å². The Morgan fingerprint density at radius 1 is 1.43 bits per heavy atom. The summed E-state index contributed by atoms with van der Waals surface area (Å²) in [5.74, 6) is 3.38. The average molecular weight is 189 g/mol. The van der Waals surface area contributed by atoms with Crippen molar-refractivity contribution < 1.29 is 4.74 Å². The highest BCUT2D eigenvalue weighted by molar-refractivity contribution is 5.27. The van der Waals surface area contributed by atoms with E-state index in [2.05, 4.69) is 5.92 Å². The number of ether oxygens (including phenoxy) is 1. The van der Waals surface area contributed by atoms with Crippen LogP contribution in [0.1, 0.15) is 12.0 Å². The third-order valence-corrected chi connectivity index (χ3v) is 2.12. The van der Waals surface area contributed by atoms with E-state index in [1.54, 1.807) is 7.11 Å². The minimum absolute atomic E-state index is 0.142. The Labute approximate surface area is 85.1 Å². The van der Waals surface area contributed by atoms with Crippen molar-refractivity contribution in [3.8, 4) is 18.1 Å². The fraction of sp³-hybridized carbons (Fsp3) is 0.333. The van der Waals surface area contributed by atoms with Crippen LogP contribution < -0.4 is 10.5 Å². The van der Waals surface area contributed by atoms with E-state index in [1.807, 2.05) is 24.3 Å². The number of hydrogen-bond acceptors (Lipinski definition) is 2. The molecule has 14 heavy (non-hydrogen) atoms. The van der Waals surface area contributed by atoms with Crippen LogP contribution in [0.15, 0.2) is 24.3 Å². The topological polar surface area (TPSA) is 35.2 Å². The van der Waals surface area contributed by atoms with Gasteiger partial charge in [0.1, 0.15) is 5.75 Å². The lowest BCUT2D eigenvalue weighted by molar-refractivity contribution is 0.414. The van der Waals surface area contributed by atoms with Crippen LogP contribution in [0, 0.1) is 12.3 Å². The second-order valence-electron chi connectivity index (χ2n) is 3.16. The maximum absolute atomic E-state index is 5.62. The zero-order chi connectivity index (χ0) is 10.4. The standard InChI is InChI=1S/C12H15NO/c1-3-11(13)7-4-10-5-8-12(14-2)9-6-10/h1,5-6,8-9,11H,4,7,13H2,2H3. The molecule has 0 fully saturated rings. The Morgan fingerprint density at radius 2 is 2.07 bits per heavy atom. The van der Waals surface area contributed by atoms with Crippen molar-refractivity contribution in [3.63, 3.8) is 0 Å². The molecule has 0 aliphatic heterocycles. The summed E-state index contributed by atoms with van der Waals surface area (Å²) >= 11 is 0. The third kappa shape index (κ3) is 3.12. The largest absolute Gasteiger partial charge is 0.497 e. The van der Waals surface area contributed by atoms with E-state index in [1.165, 1.54) is 5.56 Å². The van der Waals surface area contributed by atoms with E-state index in [4.69, 9.17) is 16.9 Å². The van der Waals surface area contributed by atoms with Crippen molar-refractivity contribution in [1.29, 1.82) is 0 Å². The van der Waals surface area contributed by atoms with Crippen LogP contribution in [0.5, 0.6) is 5.75 Å². The van der Waals surface area contributed by atoms with E-state index in [0.29, 0.717) is 0 Å². The van der Waals surface area contributed by atoms with Gasteiger partial charge in [0, 0.05) is 0 Å².